The molecular weight excluding hydrogens is 220 g/mol. The van der Waals surface area contributed by atoms with Crippen LogP contribution < -0.4 is 5.32 Å². The van der Waals surface area contributed by atoms with Gasteiger partial charge in [0, 0.05) is 24.7 Å². The van der Waals surface area contributed by atoms with E-state index in [1.807, 2.05) is 11.6 Å². The first-order valence-corrected chi connectivity index (χ1v) is 6.52. The first-order chi connectivity index (χ1) is 7.47. The molecule has 1 rings (SSSR count). The molecule has 0 saturated carbocycles. The zero-order chi connectivity index (χ0) is 12.2. The minimum Gasteiger partial charge on any atom is -0.383 e. The molecule has 4 heteroatoms. The van der Waals surface area contributed by atoms with Gasteiger partial charge in [0.15, 0.2) is 0 Å². The molecule has 0 aromatic carbocycles. The summed E-state index contributed by atoms with van der Waals surface area (Å²) in [5, 5.41) is 6.75. The van der Waals surface area contributed by atoms with Crippen molar-refractivity contribution in [3.8, 4) is 0 Å². The molecule has 1 aromatic rings. The fraction of sp³-hybridized carbons (Fsp3) is 0.750. The fourth-order valence-electron chi connectivity index (χ4n) is 1.64. The maximum Gasteiger partial charge on any atom is 0.112 e. The number of hydrogen-bond donors (Lipinski definition) is 1. The third-order valence-corrected chi connectivity index (χ3v) is 3.76. The van der Waals surface area contributed by atoms with Gasteiger partial charge in [-0.25, -0.2) is 4.98 Å². The third-order valence-electron chi connectivity index (χ3n) is 2.66. The summed E-state index contributed by atoms with van der Waals surface area (Å²) in [6.45, 7) is 9.46. The fourth-order valence-corrected chi connectivity index (χ4v) is 2.36. The summed E-state index contributed by atoms with van der Waals surface area (Å²) in [5.74, 6) is 0.541. The molecule has 92 valence electrons. The predicted molar refractivity (Wildman–Crippen MR) is 68.8 cm³/mol. The van der Waals surface area contributed by atoms with Crippen molar-refractivity contribution >= 4 is 11.3 Å². The van der Waals surface area contributed by atoms with Crippen molar-refractivity contribution in [2.45, 2.75) is 39.3 Å². The van der Waals surface area contributed by atoms with Crippen molar-refractivity contribution in [3.63, 3.8) is 0 Å². The first-order valence-electron chi connectivity index (χ1n) is 5.64. The van der Waals surface area contributed by atoms with E-state index in [2.05, 4.69) is 38.0 Å². The highest BCUT2D eigenvalue weighted by Crippen LogP contribution is 2.23. The van der Waals surface area contributed by atoms with E-state index in [1.54, 1.807) is 18.4 Å². The molecule has 0 radical (unpaired) electrons. The minimum atomic E-state index is -0.0956. The molecule has 1 aromatic heterocycles. The number of ether oxygens (including phenoxy) is 1. The summed E-state index contributed by atoms with van der Waals surface area (Å²) in [5.41, 5.74) is -0.0956. The zero-order valence-corrected chi connectivity index (χ0v) is 11.6. The highest BCUT2D eigenvalue weighted by atomic mass is 32.1. The molecular formula is C12H22N2OS. The second-order valence-corrected chi connectivity index (χ2v) is 5.81. The van der Waals surface area contributed by atoms with Crippen LogP contribution in [0.4, 0.5) is 0 Å². The van der Waals surface area contributed by atoms with Crippen molar-refractivity contribution in [1.29, 1.82) is 0 Å². The molecule has 3 nitrogen and oxygen atoms in total. The van der Waals surface area contributed by atoms with Crippen molar-refractivity contribution < 1.29 is 4.74 Å². The standard InChI is InChI=1S/C12H22N2OS/c1-9(2)10(8-15-5)14-12(3,4)11-13-6-7-16-11/h6-7,9-10,14H,8H2,1-5H3. The Kier molecular flexibility index (Phi) is 4.89. The van der Waals surface area contributed by atoms with E-state index in [-0.39, 0.29) is 5.54 Å². The van der Waals surface area contributed by atoms with Gasteiger partial charge in [0.2, 0.25) is 0 Å². The molecule has 16 heavy (non-hydrogen) atoms. The summed E-state index contributed by atoms with van der Waals surface area (Å²) in [7, 11) is 1.74. The van der Waals surface area contributed by atoms with Gasteiger partial charge in [-0.15, -0.1) is 11.3 Å². The van der Waals surface area contributed by atoms with Crippen molar-refractivity contribution in [2.75, 3.05) is 13.7 Å². The summed E-state index contributed by atoms with van der Waals surface area (Å²) in [4.78, 5) is 4.38. The second-order valence-electron chi connectivity index (χ2n) is 4.91. The van der Waals surface area contributed by atoms with Gasteiger partial charge in [-0.05, 0) is 19.8 Å². The van der Waals surface area contributed by atoms with Gasteiger partial charge >= 0.3 is 0 Å². The number of hydrogen-bond acceptors (Lipinski definition) is 4. The molecule has 1 atom stereocenters. The van der Waals surface area contributed by atoms with E-state index >= 15 is 0 Å². The molecule has 1 unspecified atom stereocenters. The summed E-state index contributed by atoms with van der Waals surface area (Å²) < 4.78 is 5.25. The van der Waals surface area contributed by atoms with Crippen molar-refractivity contribution in [2.24, 2.45) is 5.92 Å². The van der Waals surface area contributed by atoms with Crippen LogP contribution in [0.2, 0.25) is 0 Å². The van der Waals surface area contributed by atoms with Gasteiger partial charge in [-0.3, -0.25) is 0 Å². The first kappa shape index (κ1) is 13.6. The highest BCUT2D eigenvalue weighted by Gasteiger charge is 2.27. The van der Waals surface area contributed by atoms with Crippen LogP contribution in [-0.4, -0.2) is 24.7 Å². The molecule has 0 spiro atoms. The van der Waals surface area contributed by atoms with Crippen LogP contribution in [0, 0.1) is 5.92 Å². The number of thiazole rings is 1. The lowest BCUT2D eigenvalue weighted by atomic mass is 9.99. The lowest BCUT2D eigenvalue weighted by Gasteiger charge is -2.32. The van der Waals surface area contributed by atoms with Crippen LogP contribution in [0.5, 0.6) is 0 Å². The van der Waals surface area contributed by atoms with Crippen LogP contribution in [0.15, 0.2) is 11.6 Å². The largest absolute Gasteiger partial charge is 0.383 e. The maximum absolute atomic E-state index is 5.25. The van der Waals surface area contributed by atoms with Gasteiger partial charge in [-0.1, -0.05) is 13.8 Å². The lowest BCUT2D eigenvalue weighted by Crippen LogP contribution is -2.48. The Labute approximate surface area is 102 Å². The van der Waals surface area contributed by atoms with Gasteiger partial charge in [-0.2, -0.15) is 0 Å². The quantitative estimate of drug-likeness (QED) is 0.832. The Hall–Kier alpha value is -0.450. The molecule has 0 aliphatic rings. The number of methoxy groups -OCH3 is 1. The topological polar surface area (TPSA) is 34.1 Å². The third kappa shape index (κ3) is 3.54. The minimum absolute atomic E-state index is 0.0956. The van der Waals surface area contributed by atoms with Crippen molar-refractivity contribution in [3.05, 3.63) is 16.6 Å². The monoisotopic (exact) mass is 242 g/mol. The summed E-state index contributed by atoms with van der Waals surface area (Å²) in [6, 6.07) is 0.351. The Balaban J connectivity index is 2.69. The number of aromatic nitrogens is 1. The molecule has 0 fully saturated rings. The number of nitrogens with zero attached hydrogens (tertiary/aromatic N) is 1. The van der Waals surface area contributed by atoms with Crippen LogP contribution >= 0.6 is 11.3 Å². The van der Waals surface area contributed by atoms with E-state index in [1.165, 1.54) is 0 Å². The molecule has 0 aliphatic heterocycles. The Morgan fingerprint density at radius 3 is 2.62 bits per heavy atom. The van der Waals surface area contributed by atoms with Gasteiger partial charge < -0.3 is 10.1 Å². The van der Waals surface area contributed by atoms with Crippen LogP contribution in [0.1, 0.15) is 32.7 Å². The molecule has 0 saturated heterocycles. The molecule has 0 amide bonds. The van der Waals surface area contributed by atoms with Crippen LogP contribution in [0.3, 0.4) is 0 Å². The van der Waals surface area contributed by atoms with Crippen molar-refractivity contribution in [1.82, 2.24) is 10.3 Å². The second kappa shape index (κ2) is 5.75. The normalized spacial score (nSPS) is 14.4. The Bertz CT molecular complexity index is 296. The lowest BCUT2D eigenvalue weighted by molar-refractivity contribution is 0.128. The Morgan fingerprint density at radius 2 is 2.19 bits per heavy atom. The zero-order valence-electron chi connectivity index (χ0n) is 10.8. The number of rotatable bonds is 6. The molecule has 0 aliphatic carbocycles. The number of nitrogens with one attached hydrogen (secondary N) is 1. The average molecular weight is 242 g/mol. The smallest absolute Gasteiger partial charge is 0.112 e. The SMILES string of the molecule is COCC(NC(C)(C)c1nccs1)C(C)C. The molecule has 0 bridgehead atoms. The van der Waals surface area contributed by atoms with Gasteiger partial charge in [0.25, 0.3) is 0 Å². The van der Waals surface area contributed by atoms with Gasteiger partial charge in [0.1, 0.15) is 5.01 Å². The average Bonchev–Trinajstić information content (AvgIpc) is 2.69. The van der Waals surface area contributed by atoms with Gasteiger partial charge in [0.05, 0.1) is 12.1 Å². The van der Waals surface area contributed by atoms with E-state index in [0.717, 1.165) is 11.6 Å². The molecule has 1 N–H and O–H groups in total. The molecule has 1 heterocycles. The van der Waals surface area contributed by atoms with Crippen LogP contribution in [-0.2, 0) is 10.3 Å². The van der Waals surface area contributed by atoms with Crippen LogP contribution in [0.25, 0.3) is 0 Å². The van der Waals surface area contributed by atoms with E-state index in [0.29, 0.717) is 12.0 Å². The summed E-state index contributed by atoms with van der Waals surface area (Å²) in [6.07, 6.45) is 1.85. The maximum atomic E-state index is 5.25. The van der Waals surface area contributed by atoms with E-state index in [9.17, 15) is 0 Å². The predicted octanol–water partition coefficient (Wildman–Crippen LogP) is 2.64. The Morgan fingerprint density at radius 1 is 1.50 bits per heavy atom. The summed E-state index contributed by atoms with van der Waals surface area (Å²) >= 11 is 1.69. The highest BCUT2D eigenvalue weighted by molar-refractivity contribution is 7.09. The van der Waals surface area contributed by atoms with E-state index < -0.39 is 0 Å². The van der Waals surface area contributed by atoms with E-state index in [4.69, 9.17) is 4.74 Å².